The second-order valence-corrected chi connectivity index (χ2v) is 27.7. The number of benzene rings is 7. The Labute approximate surface area is 433 Å². The summed E-state index contributed by atoms with van der Waals surface area (Å²) in [5, 5.41) is 0. The molecule has 0 spiro atoms. The molecule has 0 aromatic heterocycles. The van der Waals surface area contributed by atoms with Crippen LogP contribution >= 0.6 is 0 Å². The molecule has 366 valence electrons. The van der Waals surface area contributed by atoms with Crippen LogP contribution in [0.15, 0.2) is 127 Å². The van der Waals surface area contributed by atoms with E-state index in [4.69, 9.17) is 0 Å². The van der Waals surface area contributed by atoms with E-state index in [0.717, 1.165) is 12.8 Å². The van der Waals surface area contributed by atoms with Crippen molar-refractivity contribution in [1.29, 1.82) is 0 Å². The van der Waals surface area contributed by atoms with Crippen molar-refractivity contribution in [3.8, 4) is 11.1 Å². The van der Waals surface area contributed by atoms with Crippen molar-refractivity contribution < 1.29 is 0 Å². The van der Waals surface area contributed by atoms with Crippen molar-refractivity contribution in [2.75, 3.05) is 9.80 Å². The third kappa shape index (κ3) is 6.80. The van der Waals surface area contributed by atoms with E-state index in [2.05, 4.69) is 248 Å². The second-order valence-electron chi connectivity index (χ2n) is 27.7. The van der Waals surface area contributed by atoms with Gasteiger partial charge in [0.2, 0.25) is 0 Å². The van der Waals surface area contributed by atoms with Crippen molar-refractivity contribution in [3.05, 3.63) is 183 Å². The van der Waals surface area contributed by atoms with Crippen LogP contribution < -0.4 is 26.2 Å². The van der Waals surface area contributed by atoms with Gasteiger partial charge in [0.1, 0.15) is 0 Å². The lowest BCUT2D eigenvalue weighted by atomic mass is 9.33. The minimum Gasteiger partial charge on any atom is -0.311 e. The molecule has 0 atom stereocenters. The van der Waals surface area contributed by atoms with Gasteiger partial charge in [0, 0.05) is 39.4 Å². The minimum absolute atomic E-state index is 0.0212. The van der Waals surface area contributed by atoms with Crippen LogP contribution in [0.4, 0.5) is 34.1 Å². The van der Waals surface area contributed by atoms with Crippen LogP contribution in [0.5, 0.6) is 0 Å². The Balaban J connectivity index is 1.21. The number of hydrogen-bond donors (Lipinski definition) is 0. The minimum atomic E-state index is -0.212. The maximum absolute atomic E-state index is 2.75. The average molecular weight is 945 g/mol. The molecular formula is C69H77BN2. The maximum Gasteiger partial charge on any atom is 0.252 e. The molecule has 2 heterocycles. The molecular weight excluding hydrogens is 868 g/mol. The summed E-state index contributed by atoms with van der Waals surface area (Å²) in [6, 6.07) is 50.7. The zero-order valence-electron chi connectivity index (χ0n) is 46.4. The SMILES string of the molecule is Cc1cc2c3c(c1)N(c1ccc(C(C)(C)c4ccccc4)cc1-c1ccccc1)c1cc4c(cc1B3c1cc3c(cc1N2c1cc2c(cc1C)C(C)(C)CCC2(C)C)C(C)(C)CC3(C)C)C(C)(C)CC4(C)C. The van der Waals surface area contributed by atoms with Crippen LogP contribution in [0.25, 0.3) is 11.1 Å². The molecule has 0 unspecified atom stereocenters. The molecule has 0 fully saturated rings. The highest BCUT2D eigenvalue weighted by atomic mass is 15.2. The number of anilines is 6. The lowest BCUT2D eigenvalue weighted by Crippen LogP contribution is -2.62. The van der Waals surface area contributed by atoms with E-state index in [9.17, 15) is 0 Å². The number of nitrogens with zero attached hydrogens (tertiary/aromatic N) is 2. The smallest absolute Gasteiger partial charge is 0.252 e. The number of aryl methyl sites for hydroxylation is 2. The van der Waals surface area contributed by atoms with Crippen molar-refractivity contribution in [2.45, 2.75) is 174 Å². The lowest BCUT2D eigenvalue weighted by Gasteiger charge is -2.47. The third-order valence-electron chi connectivity index (χ3n) is 19.1. The topological polar surface area (TPSA) is 6.48 Å². The van der Waals surface area contributed by atoms with Crippen molar-refractivity contribution >= 4 is 57.2 Å². The van der Waals surface area contributed by atoms with Gasteiger partial charge < -0.3 is 9.80 Å². The van der Waals surface area contributed by atoms with E-state index in [1.807, 2.05) is 0 Å². The van der Waals surface area contributed by atoms with Crippen LogP contribution in [0, 0.1) is 13.8 Å². The fourth-order valence-electron chi connectivity index (χ4n) is 15.5. The van der Waals surface area contributed by atoms with E-state index in [0.29, 0.717) is 0 Å². The van der Waals surface area contributed by atoms with Crippen LogP contribution in [0.3, 0.4) is 0 Å². The molecule has 0 saturated carbocycles. The molecule has 2 aliphatic heterocycles. The predicted octanol–water partition coefficient (Wildman–Crippen LogP) is 16.6. The maximum atomic E-state index is 2.75. The molecule has 0 N–H and O–H groups in total. The quantitative estimate of drug-likeness (QED) is 0.159. The molecule has 0 radical (unpaired) electrons. The Morgan fingerprint density at radius 2 is 0.833 bits per heavy atom. The Kier molecular flexibility index (Phi) is 9.94. The summed E-state index contributed by atoms with van der Waals surface area (Å²) < 4.78 is 0. The van der Waals surface area contributed by atoms with Gasteiger partial charge in [-0.3, -0.25) is 0 Å². The largest absolute Gasteiger partial charge is 0.311 e. The lowest BCUT2D eigenvalue weighted by molar-refractivity contribution is 0.332. The van der Waals surface area contributed by atoms with Crippen LogP contribution in [-0.2, 0) is 37.9 Å². The normalized spacial score (nSPS) is 19.8. The van der Waals surface area contributed by atoms with Crippen molar-refractivity contribution in [3.63, 3.8) is 0 Å². The first kappa shape index (κ1) is 47.2. The molecule has 3 heteroatoms. The first-order valence-electron chi connectivity index (χ1n) is 27.3. The number of hydrogen-bond acceptors (Lipinski definition) is 2. The molecule has 0 saturated heterocycles. The van der Waals surface area contributed by atoms with E-state index in [1.165, 1.54) is 130 Å². The Bertz CT molecular complexity index is 3420. The highest BCUT2D eigenvalue weighted by molar-refractivity contribution is 7.00. The fourth-order valence-corrected chi connectivity index (χ4v) is 15.5. The van der Waals surface area contributed by atoms with Gasteiger partial charge in [-0.25, -0.2) is 0 Å². The Hall–Kier alpha value is -5.80. The summed E-state index contributed by atoms with van der Waals surface area (Å²) in [5.74, 6) is 0. The summed E-state index contributed by atoms with van der Waals surface area (Å²) in [4.78, 5) is 5.47. The molecule has 12 rings (SSSR count). The van der Waals surface area contributed by atoms with Crippen LogP contribution in [0.1, 0.15) is 178 Å². The van der Waals surface area contributed by atoms with E-state index >= 15 is 0 Å². The van der Waals surface area contributed by atoms with Gasteiger partial charge in [0.15, 0.2) is 0 Å². The van der Waals surface area contributed by atoms with E-state index < -0.39 is 0 Å². The highest BCUT2D eigenvalue weighted by Gasteiger charge is 2.51. The van der Waals surface area contributed by atoms with Gasteiger partial charge in [-0.15, -0.1) is 0 Å². The zero-order chi connectivity index (χ0) is 51.0. The molecule has 7 aromatic carbocycles. The Morgan fingerprint density at radius 1 is 0.403 bits per heavy atom. The van der Waals surface area contributed by atoms with E-state index in [-0.39, 0.29) is 44.6 Å². The van der Waals surface area contributed by atoms with E-state index in [1.54, 1.807) is 0 Å². The number of fused-ring (bicyclic) bond motifs is 7. The third-order valence-corrected chi connectivity index (χ3v) is 19.1. The van der Waals surface area contributed by atoms with Gasteiger partial charge in [-0.2, -0.15) is 0 Å². The van der Waals surface area contributed by atoms with Gasteiger partial charge in [-0.05, 0) is 192 Å². The summed E-state index contributed by atoms with van der Waals surface area (Å²) >= 11 is 0. The van der Waals surface area contributed by atoms with Crippen LogP contribution in [0.2, 0.25) is 0 Å². The molecule has 0 bridgehead atoms. The standard InChI is InChI=1S/C69H77BN2/c1-42-31-60-62-61(32-42)72(57-37-51-48(33-43(57)2)63(3,4)29-30-64(51,5)6)59-39-53-50(66(9,10)41-68(53,13)14)36-55(59)70(62)54-35-49-52(67(11,12)40-65(49,7)8)38-58(54)71(60)56-28-27-46(34-47(56)44-23-19-17-20-24-44)69(15,16)45-25-21-18-22-26-45/h17-28,31-39H,29-30,40-41H2,1-16H3. The van der Waals surface area contributed by atoms with Gasteiger partial charge in [0.05, 0.1) is 5.69 Å². The molecule has 3 aliphatic carbocycles. The first-order valence-corrected chi connectivity index (χ1v) is 27.3. The number of rotatable bonds is 5. The average Bonchev–Trinajstić information content (AvgIpc) is 3.62. The molecule has 72 heavy (non-hydrogen) atoms. The molecule has 7 aromatic rings. The molecule has 0 amide bonds. The molecule has 5 aliphatic rings. The predicted molar refractivity (Wildman–Crippen MR) is 311 cm³/mol. The summed E-state index contributed by atoms with van der Waals surface area (Å²) in [5.41, 5.74) is 28.9. The summed E-state index contributed by atoms with van der Waals surface area (Å²) in [6.45, 7) is 39.4. The fraction of sp³-hybridized carbons (Fsp3) is 0.391. The Morgan fingerprint density at radius 3 is 1.35 bits per heavy atom. The molecule has 2 nitrogen and oxygen atoms in total. The van der Waals surface area contributed by atoms with Gasteiger partial charge >= 0.3 is 0 Å². The van der Waals surface area contributed by atoms with Crippen molar-refractivity contribution in [1.82, 2.24) is 0 Å². The van der Waals surface area contributed by atoms with Gasteiger partial charge in [0.25, 0.3) is 6.71 Å². The summed E-state index contributed by atoms with van der Waals surface area (Å²) in [6.07, 6.45) is 4.62. The van der Waals surface area contributed by atoms with Gasteiger partial charge in [-0.1, -0.05) is 182 Å². The summed E-state index contributed by atoms with van der Waals surface area (Å²) in [7, 11) is 0. The monoisotopic (exact) mass is 945 g/mol. The van der Waals surface area contributed by atoms with Crippen molar-refractivity contribution in [2.24, 2.45) is 0 Å². The second kappa shape index (κ2) is 15.1. The van der Waals surface area contributed by atoms with Crippen LogP contribution in [-0.4, -0.2) is 6.71 Å². The highest BCUT2D eigenvalue weighted by Crippen LogP contribution is 2.57. The zero-order valence-corrected chi connectivity index (χ0v) is 46.4. The first-order chi connectivity index (χ1) is 33.7.